The van der Waals surface area contributed by atoms with Crippen molar-refractivity contribution in [1.82, 2.24) is 9.98 Å². The zero-order chi connectivity index (χ0) is 12.0. The van der Waals surface area contributed by atoms with Crippen LogP contribution in [-0.4, -0.2) is 24.5 Å². The Labute approximate surface area is 99.6 Å². The molecule has 1 heterocycles. The molecule has 1 aliphatic rings. The van der Waals surface area contributed by atoms with Crippen LogP contribution in [0.15, 0.2) is 12.2 Å². The van der Waals surface area contributed by atoms with E-state index in [1.165, 1.54) is 12.1 Å². The van der Waals surface area contributed by atoms with Gasteiger partial charge in [-0.05, 0) is 24.5 Å². The molecule has 0 amide bonds. The second-order valence-electron chi connectivity index (χ2n) is 4.78. The van der Waals surface area contributed by atoms with Gasteiger partial charge >= 0.3 is 5.71 Å². The molecule has 3 unspecified atom stereocenters. The maximum absolute atomic E-state index is 4.41. The molecule has 0 saturated heterocycles. The first-order valence-corrected chi connectivity index (χ1v) is 6.49. The van der Waals surface area contributed by atoms with Gasteiger partial charge in [-0.3, -0.25) is 0 Å². The molecule has 90 valence electrons. The van der Waals surface area contributed by atoms with Crippen LogP contribution in [0.5, 0.6) is 0 Å². The van der Waals surface area contributed by atoms with E-state index in [2.05, 4.69) is 49.8 Å². The number of hydrogen-bond donors (Lipinski definition) is 1. The van der Waals surface area contributed by atoms with E-state index in [1.54, 1.807) is 0 Å². The summed E-state index contributed by atoms with van der Waals surface area (Å²) in [7, 11) is 0. The van der Waals surface area contributed by atoms with Crippen molar-refractivity contribution in [3.8, 4) is 0 Å². The van der Waals surface area contributed by atoms with Gasteiger partial charge in [-0.1, -0.05) is 34.1 Å². The van der Waals surface area contributed by atoms with Crippen molar-refractivity contribution < 1.29 is 0 Å². The number of rotatable bonds is 6. The normalized spacial score (nSPS) is 23.0. The Morgan fingerprint density at radius 3 is 2.56 bits per heavy atom. The summed E-state index contributed by atoms with van der Waals surface area (Å²) in [4.78, 5) is 0. The van der Waals surface area contributed by atoms with Gasteiger partial charge in [0.05, 0.1) is 0 Å². The van der Waals surface area contributed by atoms with E-state index in [9.17, 15) is 0 Å². The van der Waals surface area contributed by atoms with Gasteiger partial charge in [0.2, 0.25) is 0 Å². The summed E-state index contributed by atoms with van der Waals surface area (Å²) < 4.78 is 4.41. The zero-order valence-electron chi connectivity index (χ0n) is 11.0. The highest BCUT2D eigenvalue weighted by atomic mass is 14.9. The minimum absolute atomic E-state index is 0.321. The third kappa shape index (κ3) is 3.96. The van der Waals surface area contributed by atoms with Crippen molar-refractivity contribution in [3.05, 3.63) is 12.2 Å². The van der Waals surface area contributed by atoms with Gasteiger partial charge in [0, 0.05) is 12.5 Å². The second-order valence-corrected chi connectivity index (χ2v) is 4.78. The van der Waals surface area contributed by atoms with Crippen molar-refractivity contribution in [2.75, 3.05) is 6.54 Å². The van der Waals surface area contributed by atoms with Crippen molar-refractivity contribution in [2.24, 2.45) is 11.8 Å². The molecule has 0 saturated carbocycles. The monoisotopic (exact) mass is 221 g/mol. The molecule has 0 aromatic heterocycles. The quantitative estimate of drug-likeness (QED) is 0.684. The fourth-order valence-electron chi connectivity index (χ4n) is 1.74. The van der Waals surface area contributed by atoms with Crippen LogP contribution in [-0.2, 0) is 0 Å². The highest BCUT2D eigenvalue weighted by Gasteiger charge is 2.16. The smallest absolute Gasteiger partial charge is 0.301 e. The van der Waals surface area contributed by atoms with E-state index in [4.69, 9.17) is 0 Å². The third-order valence-corrected chi connectivity index (χ3v) is 3.55. The van der Waals surface area contributed by atoms with E-state index in [1.807, 2.05) is 6.21 Å². The first kappa shape index (κ1) is 13.2. The van der Waals surface area contributed by atoms with Gasteiger partial charge in [-0.2, -0.15) is 0 Å². The zero-order valence-corrected chi connectivity index (χ0v) is 11.0. The summed E-state index contributed by atoms with van der Waals surface area (Å²) in [5, 5.41) is 3.53. The summed E-state index contributed by atoms with van der Waals surface area (Å²) >= 11 is 0. The summed E-state index contributed by atoms with van der Waals surface area (Å²) in [5.74, 6) is 1.51. The Morgan fingerprint density at radius 1 is 1.31 bits per heavy atom. The molecule has 1 rings (SSSR count). The fourth-order valence-corrected chi connectivity index (χ4v) is 1.74. The molecular formula is C14H25N2+. The number of hydrogen-bond acceptors (Lipinski definition) is 1. The number of allylic oxidation sites excluding steroid dienone is 1. The lowest BCUT2D eigenvalue weighted by atomic mass is 9.93. The molecule has 0 aromatic carbocycles. The summed E-state index contributed by atoms with van der Waals surface area (Å²) in [6, 6.07) is 0.321. The predicted octanol–water partition coefficient (Wildman–Crippen LogP) is 2.19. The number of nitrogens with zero attached hydrogens (tertiary/aromatic N) is 1. The maximum Gasteiger partial charge on any atom is 0.302 e. The maximum atomic E-state index is 4.41. The number of nitrogens with one attached hydrogen (secondary N) is 1. The molecule has 0 spiro atoms. The fraction of sp³-hybridized carbons (Fsp3) is 0.714. The summed E-state index contributed by atoms with van der Waals surface area (Å²) in [6.07, 6.45) is 8.62. The highest BCUT2D eigenvalue weighted by Crippen LogP contribution is 2.13. The lowest BCUT2D eigenvalue weighted by Gasteiger charge is -2.19. The van der Waals surface area contributed by atoms with Gasteiger partial charge in [0.1, 0.15) is 6.04 Å². The van der Waals surface area contributed by atoms with Crippen LogP contribution < -0.4 is 9.98 Å². The molecule has 0 bridgehead atoms. The lowest BCUT2D eigenvalue weighted by Crippen LogP contribution is -2.36. The standard InChI is InChI=1S/C14H25N2/c1-5-11(3)12(4)9-15-14-8-7-13(6-2)16-10-14/h7-8,10-12,14-15H,5-6,9H2,1-4H3/q+1. The molecular weight excluding hydrogens is 196 g/mol. The first-order valence-electron chi connectivity index (χ1n) is 6.49. The second kappa shape index (κ2) is 6.67. The predicted molar refractivity (Wildman–Crippen MR) is 73.0 cm³/mol. The van der Waals surface area contributed by atoms with Crippen molar-refractivity contribution in [3.63, 3.8) is 0 Å². The van der Waals surface area contributed by atoms with E-state index in [-0.39, 0.29) is 0 Å². The van der Waals surface area contributed by atoms with Crippen LogP contribution in [0.25, 0.3) is 0 Å². The Bertz CT molecular complexity index is 298. The van der Waals surface area contributed by atoms with Crippen LogP contribution in [0.1, 0.15) is 40.5 Å². The van der Waals surface area contributed by atoms with Gasteiger partial charge in [-0.15, -0.1) is 4.67 Å². The Balaban J connectivity index is 2.36. The first-order chi connectivity index (χ1) is 7.67. The molecule has 0 radical (unpaired) electrons. The SMILES string of the molecule is CCC1=[N+]=CC(NCC(C)C(C)CC)C=C1. The van der Waals surface area contributed by atoms with E-state index < -0.39 is 0 Å². The van der Waals surface area contributed by atoms with E-state index >= 15 is 0 Å². The third-order valence-electron chi connectivity index (χ3n) is 3.55. The molecule has 0 aliphatic carbocycles. The van der Waals surface area contributed by atoms with Crippen LogP contribution in [0.4, 0.5) is 0 Å². The Morgan fingerprint density at radius 2 is 2.06 bits per heavy atom. The van der Waals surface area contributed by atoms with Gasteiger partial charge in [0.25, 0.3) is 6.21 Å². The van der Waals surface area contributed by atoms with Crippen molar-refractivity contribution in [2.45, 2.75) is 46.6 Å². The van der Waals surface area contributed by atoms with Crippen LogP contribution in [0.2, 0.25) is 0 Å². The van der Waals surface area contributed by atoms with E-state index in [0.29, 0.717) is 6.04 Å². The Hall–Kier alpha value is -0.850. The molecule has 1 aliphatic heterocycles. The van der Waals surface area contributed by atoms with Crippen LogP contribution in [0, 0.1) is 11.8 Å². The minimum atomic E-state index is 0.321. The minimum Gasteiger partial charge on any atom is -0.301 e. The molecule has 3 atom stereocenters. The van der Waals surface area contributed by atoms with Gasteiger partial charge < -0.3 is 5.32 Å². The molecule has 16 heavy (non-hydrogen) atoms. The van der Waals surface area contributed by atoms with Crippen molar-refractivity contribution in [1.29, 1.82) is 0 Å². The van der Waals surface area contributed by atoms with Crippen LogP contribution in [0.3, 0.4) is 0 Å². The molecule has 0 fully saturated rings. The highest BCUT2D eigenvalue weighted by molar-refractivity contribution is 5.98. The average Bonchev–Trinajstić information content (AvgIpc) is 2.35. The summed E-state index contributed by atoms with van der Waals surface area (Å²) in [5.41, 5.74) is 1.17. The van der Waals surface area contributed by atoms with E-state index in [0.717, 1.165) is 24.8 Å². The molecule has 2 nitrogen and oxygen atoms in total. The topological polar surface area (TPSA) is 26.1 Å². The Kier molecular flexibility index (Phi) is 5.51. The van der Waals surface area contributed by atoms with Crippen molar-refractivity contribution >= 4 is 11.9 Å². The average molecular weight is 221 g/mol. The van der Waals surface area contributed by atoms with Gasteiger partial charge in [-0.25, -0.2) is 0 Å². The molecule has 0 aromatic rings. The van der Waals surface area contributed by atoms with Crippen LogP contribution >= 0.6 is 0 Å². The lowest BCUT2D eigenvalue weighted by molar-refractivity contribution is 0.358. The largest absolute Gasteiger partial charge is 0.302 e. The molecule has 2 heteroatoms. The van der Waals surface area contributed by atoms with Gasteiger partial charge in [0.15, 0.2) is 0 Å². The summed E-state index contributed by atoms with van der Waals surface area (Å²) in [6.45, 7) is 10.1. The molecule has 1 N–H and O–H groups in total.